The maximum Gasteiger partial charge on any atom is 0.254 e. The van der Waals surface area contributed by atoms with E-state index >= 15 is 0 Å². The molecular weight excluding hydrogens is 284 g/mol. The highest BCUT2D eigenvalue weighted by Gasteiger charge is 2.36. The maximum atomic E-state index is 12.7. The first-order valence-electron chi connectivity index (χ1n) is 7.29. The molecule has 6 heteroatoms. The highest BCUT2D eigenvalue weighted by Crippen LogP contribution is 2.26. The van der Waals surface area contributed by atoms with E-state index in [-0.39, 0.29) is 24.5 Å². The first-order chi connectivity index (χ1) is 10.5. The second kappa shape index (κ2) is 6.98. The Labute approximate surface area is 131 Å². The molecule has 1 aromatic carbocycles. The lowest BCUT2D eigenvalue weighted by Gasteiger charge is -2.23. The van der Waals surface area contributed by atoms with Gasteiger partial charge in [0, 0.05) is 43.3 Å². The van der Waals surface area contributed by atoms with Crippen LogP contribution in [-0.2, 0) is 0 Å². The van der Waals surface area contributed by atoms with Gasteiger partial charge in [-0.05, 0) is 26.2 Å². The summed E-state index contributed by atoms with van der Waals surface area (Å²) in [5, 5.41) is 9.52. The van der Waals surface area contributed by atoms with Crippen LogP contribution in [0.15, 0.2) is 18.2 Å². The molecule has 0 saturated carbocycles. The van der Waals surface area contributed by atoms with Crippen molar-refractivity contribution >= 4 is 5.91 Å². The first kappa shape index (κ1) is 16.6. The van der Waals surface area contributed by atoms with Crippen LogP contribution in [-0.4, -0.2) is 74.9 Å². The van der Waals surface area contributed by atoms with E-state index in [9.17, 15) is 9.90 Å². The molecule has 1 saturated heterocycles. The number of hydrogen-bond acceptors (Lipinski definition) is 5. The van der Waals surface area contributed by atoms with Crippen LogP contribution >= 0.6 is 0 Å². The van der Waals surface area contributed by atoms with Gasteiger partial charge in [0.05, 0.1) is 14.2 Å². The lowest BCUT2D eigenvalue weighted by molar-refractivity contribution is 0.0778. The van der Waals surface area contributed by atoms with Gasteiger partial charge in [-0.2, -0.15) is 0 Å². The molecule has 1 aliphatic heterocycles. The Morgan fingerprint density at radius 1 is 1.23 bits per heavy atom. The van der Waals surface area contributed by atoms with E-state index in [1.165, 1.54) is 0 Å². The minimum absolute atomic E-state index is 0.0694. The Bertz CT molecular complexity index is 511. The highest BCUT2D eigenvalue weighted by atomic mass is 16.5. The van der Waals surface area contributed by atoms with E-state index < -0.39 is 0 Å². The largest absolute Gasteiger partial charge is 0.497 e. The van der Waals surface area contributed by atoms with Crippen LogP contribution in [0.5, 0.6) is 11.5 Å². The number of hydrogen-bond donors (Lipinski definition) is 1. The average Bonchev–Trinajstić information content (AvgIpc) is 2.98. The number of amides is 1. The van der Waals surface area contributed by atoms with Gasteiger partial charge in [0.1, 0.15) is 11.5 Å². The molecule has 6 nitrogen and oxygen atoms in total. The lowest BCUT2D eigenvalue weighted by Crippen LogP contribution is -2.37. The molecule has 0 aliphatic carbocycles. The summed E-state index contributed by atoms with van der Waals surface area (Å²) in [5.41, 5.74) is 0.535. The molecule has 1 aliphatic rings. The molecule has 1 aromatic rings. The molecule has 0 aromatic heterocycles. The minimum atomic E-state index is -0.0694. The third-order valence-electron chi connectivity index (χ3n) is 4.19. The quantitative estimate of drug-likeness (QED) is 0.867. The molecule has 1 heterocycles. The monoisotopic (exact) mass is 308 g/mol. The van der Waals surface area contributed by atoms with Crippen molar-refractivity contribution in [2.45, 2.75) is 6.04 Å². The minimum Gasteiger partial charge on any atom is -0.497 e. The first-order valence-corrected chi connectivity index (χ1v) is 7.29. The van der Waals surface area contributed by atoms with Gasteiger partial charge in [0.2, 0.25) is 0 Å². The van der Waals surface area contributed by atoms with E-state index in [0.29, 0.717) is 30.2 Å². The van der Waals surface area contributed by atoms with Gasteiger partial charge in [0.15, 0.2) is 0 Å². The number of aliphatic hydroxyl groups excluding tert-OH is 1. The van der Waals surface area contributed by atoms with Crippen molar-refractivity contribution in [3.63, 3.8) is 0 Å². The number of nitrogens with zero attached hydrogens (tertiary/aromatic N) is 2. The third kappa shape index (κ3) is 3.34. The number of benzene rings is 1. The summed E-state index contributed by atoms with van der Waals surface area (Å²) in [6, 6.07) is 5.32. The molecule has 122 valence electrons. The molecule has 1 fully saturated rings. The zero-order chi connectivity index (χ0) is 16.3. The lowest BCUT2D eigenvalue weighted by atomic mass is 10.0. The van der Waals surface area contributed by atoms with Crippen molar-refractivity contribution in [2.75, 3.05) is 48.0 Å². The smallest absolute Gasteiger partial charge is 0.254 e. The van der Waals surface area contributed by atoms with Gasteiger partial charge in [0.25, 0.3) is 5.91 Å². The molecule has 0 unspecified atom stereocenters. The van der Waals surface area contributed by atoms with Gasteiger partial charge >= 0.3 is 0 Å². The Kier molecular flexibility index (Phi) is 5.26. The average molecular weight is 308 g/mol. The van der Waals surface area contributed by atoms with Crippen molar-refractivity contribution in [3.8, 4) is 11.5 Å². The summed E-state index contributed by atoms with van der Waals surface area (Å²) < 4.78 is 10.4. The Balaban J connectivity index is 2.22. The van der Waals surface area contributed by atoms with E-state index in [1.807, 2.05) is 14.1 Å². The van der Waals surface area contributed by atoms with Crippen LogP contribution in [0, 0.1) is 5.92 Å². The van der Waals surface area contributed by atoms with E-state index in [0.717, 1.165) is 0 Å². The predicted octanol–water partition coefficient (Wildman–Crippen LogP) is 0.698. The topological polar surface area (TPSA) is 62.2 Å². The summed E-state index contributed by atoms with van der Waals surface area (Å²) in [6.45, 7) is 1.24. The fourth-order valence-electron chi connectivity index (χ4n) is 2.90. The summed E-state index contributed by atoms with van der Waals surface area (Å²) >= 11 is 0. The van der Waals surface area contributed by atoms with Crippen LogP contribution in [0.25, 0.3) is 0 Å². The fourth-order valence-corrected chi connectivity index (χ4v) is 2.90. The summed E-state index contributed by atoms with van der Waals surface area (Å²) in [6.07, 6.45) is 0. The van der Waals surface area contributed by atoms with Crippen LogP contribution in [0.2, 0.25) is 0 Å². The zero-order valence-electron chi connectivity index (χ0n) is 13.6. The Morgan fingerprint density at radius 3 is 2.23 bits per heavy atom. The predicted molar refractivity (Wildman–Crippen MR) is 83.5 cm³/mol. The second-order valence-corrected chi connectivity index (χ2v) is 5.79. The molecule has 2 atom stereocenters. The number of carbonyl (C=O) groups excluding carboxylic acids is 1. The van der Waals surface area contributed by atoms with Crippen molar-refractivity contribution in [2.24, 2.45) is 5.92 Å². The molecule has 0 radical (unpaired) electrons. The van der Waals surface area contributed by atoms with Crippen molar-refractivity contribution in [1.29, 1.82) is 0 Å². The molecule has 1 amide bonds. The van der Waals surface area contributed by atoms with Gasteiger partial charge in [-0.15, -0.1) is 0 Å². The van der Waals surface area contributed by atoms with Gasteiger partial charge in [-0.25, -0.2) is 0 Å². The second-order valence-electron chi connectivity index (χ2n) is 5.79. The van der Waals surface area contributed by atoms with Gasteiger partial charge < -0.3 is 24.4 Å². The molecule has 1 N–H and O–H groups in total. The summed E-state index contributed by atoms with van der Waals surface area (Å²) in [7, 11) is 7.05. The standard InChI is InChI=1S/C16H24N2O4/c1-17(2)15-9-18(8-12(15)10-19)16(20)11-5-13(21-3)7-14(6-11)22-4/h5-7,12,15,19H,8-10H2,1-4H3/t12-,15+/m0/s1. The molecule has 0 bridgehead atoms. The third-order valence-corrected chi connectivity index (χ3v) is 4.19. The van der Waals surface area contributed by atoms with E-state index in [2.05, 4.69) is 4.90 Å². The number of likely N-dealkylation sites (tertiary alicyclic amines) is 1. The number of ether oxygens (including phenoxy) is 2. The number of aliphatic hydroxyl groups is 1. The number of methoxy groups -OCH3 is 2. The Hall–Kier alpha value is -1.79. The summed E-state index contributed by atoms with van der Waals surface area (Å²) in [5.74, 6) is 1.18. The van der Waals surface area contributed by atoms with Crippen molar-refractivity contribution in [3.05, 3.63) is 23.8 Å². The molecular formula is C16H24N2O4. The van der Waals surface area contributed by atoms with Crippen molar-refractivity contribution in [1.82, 2.24) is 9.80 Å². The number of carbonyl (C=O) groups is 1. The summed E-state index contributed by atoms with van der Waals surface area (Å²) in [4.78, 5) is 16.6. The van der Waals surface area contributed by atoms with Crippen LogP contribution < -0.4 is 9.47 Å². The van der Waals surface area contributed by atoms with Gasteiger partial charge in [-0.1, -0.05) is 0 Å². The Morgan fingerprint density at radius 2 is 1.82 bits per heavy atom. The molecule has 0 spiro atoms. The van der Waals surface area contributed by atoms with E-state index in [1.54, 1.807) is 37.3 Å². The number of likely N-dealkylation sites (N-methyl/N-ethyl adjacent to an activating group) is 1. The van der Waals surface area contributed by atoms with Crippen LogP contribution in [0.4, 0.5) is 0 Å². The van der Waals surface area contributed by atoms with E-state index in [4.69, 9.17) is 9.47 Å². The molecule has 2 rings (SSSR count). The SMILES string of the molecule is COc1cc(OC)cc(C(=O)N2C[C@@H](CO)[C@H](N(C)C)C2)c1. The van der Waals surface area contributed by atoms with Crippen LogP contribution in [0.1, 0.15) is 10.4 Å². The number of rotatable bonds is 5. The maximum absolute atomic E-state index is 12.7. The van der Waals surface area contributed by atoms with Crippen molar-refractivity contribution < 1.29 is 19.4 Å². The molecule has 22 heavy (non-hydrogen) atoms. The zero-order valence-corrected chi connectivity index (χ0v) is 13.6. The normalized spacial score (nSPS) is 21.3. The fraction of sp³-hybridized carbons (Fsp3) is 0.562. The van der Waals surface area contributed by atoms with Gasteiger partial charge in [-0.3, -0.25) is 4.79 Å². The van der Waals surface area contributed by atoms with Crippen LogP contribution in [0.3, 0.4) is 0 Å². The highest BCUT2D eigenvalue weighted by molar-refractivity contribution is 5.95.